The maximum absolute atomic E-state index is 12.2. The van der Waals surface area contributed by atoms with Gasteiger partial charge in [0.25, 0.3) is 0 Å². The molecule has 0 radical (unpaired) electrons. The summed E-state index contributed by atoms with van der Waals surface area (Å²) in [6.45, 7) is 2.36. The van der Waals surface area contributed by atoms with E-state index in [4.69, 9.17) is 5.73 Å². The monoisotopic (exact) mass is 268 g/mol. The number of aryl methyl sites for hydroxylation is 1. The smallest absolute Gasteiger partial charge is 0.227 e. The first kappa shape index (κ1) is 12.7. The highest BCUT2D eigenvalue weighted by Gasteiger charge is 2.35. The largest absolute Gasteiger partial charge is 0.369 e. The van der Waals surface area contributed by atoms with Crippen LogP contribution in [-0.4, -0.2) is 18.4 Å². The third-order valence-corrected chi connectivity index (χ3v) is 3.90. The number of anilines is 1. The van der Waals surface area contributed by atoms with Gasteiger partial charge in [-0.1, -0.05) is 36.4 Å². The maximum Gasteiger partial charge on any atom is 0.227 e. The van der Waals surface area contributed by atoms with E-state index in [9.17, 15) is 9.59 Å². The Morgan fingerprint density at radius 1 is 1.25 bits per heavy atom. The molecule has 1 unspecified atom stereocenters. The molecule has 1 aliphatic heterocycles. The third-order valence-electron chi connectivity index (χ3n) is 3.90. The Morgan fingerprint density at radius 3 is 2.70 bits per heavy atom. The fraction of sp³-hybridized carbons (Fsp3) is 0.250. The van der Waals surface area contributed by atoms with Crippen LogP contribution < -0.4 is 10.6 Å². The lowest BCUT2D eigenvalue weighted by Crippen LogP contribution is -2.29. The molecule has 0 saturated carbocycles. The highest BCUT2D eigenvalue weighted by atomic mass is 16.2. The average Bonchev–Trinajstić information content (AvgIpc) is 2.81. The zero-order valence-corrected chi connectivity index (χ0v) is 11.3. The van der Waals surface area contributed by atoms with Crippen molar-refractivity contribution in [3.05, 3.63) is 42.0 Å². The minimum absolute atomic E-state index is 0.0340. The van der Waals surface area contributed by atoms with Crippen LogP contribution in [0.2, 0.25) is 0 Å². The number of hydrogen-bond acceptors (Lipinski definition) is 2. The first-order valence-corrected chi connectivity index (χ1v) is 6.66. The predicted octanol–water partition coefficient (Wildman–Crippen LogP) is 1.99. The number of fused-ring (bicyclic) bond motifs is 1. The van der Waals surface area contributed by atoms with Gasteiger partial charge in [-0.2, -0.15) is 0 Å². The minimum atomic E-state index is -0.404. The van der Waals surface area contributed by atoms with Crippen LogP contribution in [0.3, 0.4) is 0 Å². The number of carbonyl (C=O) groups is 2. The number of primary amides is 1. The van der Waals surface area contributed by atoms with Crippen molar-refractivity contribution < 1.29 is 9.59 Å². The molecular weight excluding hydrogens is 252 g/mol. The van der Waals surface area contributed by atoms with E-state index in [1.165, 1.54) is 0 Å². The summed E-state index contributed by atoms with van der Waals surface area (Å²) in [4.78, 5) is 25.2. The van der Waals surface area contributed by atoms with E-state index >= 15 is 0 Å². The topological polar surface area (TPSA) is 63.4 Å². The summed E-state index contributed by atoms with van der Waals surface area (Å²) in [5, 5.41) is 2.12. The zero-order valence-electron chi connectivity index (χ0n) is 11.3. The molecule has 2 aromatic rings. The molecule has 2 N–H and O–H groups in total. The second-order valence-corrected chi connectivity index (χ2v) is 5.26. The van der Waals surface area contributed by atoms with Crippen LogP contribution in [-0.2, 0) is 9.59 Å². The Hall–Kier alpha value is -2.36. The number of benzene rings is 2. The van der Waals surface area contributed by atoms with Crippen molar-refractivity contribution in [3.63, 3.8) is 0 Å². The molecule has 0 aliphatic carbocycles. The van der Waals surface area contributed by atoms with Crippen LogP contribution >= 0.6 is 0 Å². The van der Waals surface area contributed by atoms with Crippen molar-refractivity contribution in [3.8, 4) is 0 Å². The van der Waals surface area contributed by atoms with E-state index in [1.807, 2.05) is 43.3 Å². The van der Waals surface area contributed by atoms with Crippen molar-refractivity contribution in [2.75, 3.05) is 11.4 Å². The number of carbonyl (C=O) groups excluding carboxylic acids is 2. The number of nitrogens with two attached hydrogens (primary N) is 1. The van der Waals surface area contributed by atoms with Gasteiger partial charge in [0.15, 0.2) is 0 Å². The second kappa shape index (κ2) is 4.63. The number of amides is 2. The van der Waals surface area contributed by atoms with Crippen LogP contribution in [0.4, 0.5) is 5.69 Å². The molecule has 1 fully saturated rings. The van der Waals surface area contributed by atoms with Crippen molar-refractivity contribution in [1.82, 2.24) is 0 Å². The number of nitrogens with zero attached hydrogens (tertiary/aromatic N) is 1. The van der Waals surface area contributed by atoms with Gasteiger partial charge in [-0.3, -0.25) is 9.59 Å². The standard InChI is InChI=1S/C16H16N2O2/c1-10-6-7-11-4-2-3-5-13(11)15(10)18-9-12(16(17)20)8-14(18)19/h2-7,12H,8-9H2,1H3,(H2,17,20). The Bertz CT molecular complexity index is 709. The van der Waals surface area contributed by atoms with Gasteiger partial charge in [0.2, 0.25) is 11.8 Å². The van der Waals surface area contributed by atoms with Gasteiger partial charge in [0, 0.05) is 18.4 Å². The van der Waals surface area contributed by atoms with Gasteiger partial charge >= 0.3 is 0 Å². The normalized spacial score (nSPS) is 18.8. The highest BCUT2D eigenvalue weighted by molar-refractivity contribution is 6.07. The molecule has 2 aromatic carbocycles. The summed E-state index contributed by atoms with van der Waals surface area (Å²) in [7, 11) is 0. The fourth-order valence-corrected chi connectivity index (χ4v) is 2.84. The third kappa shape index (κ3) is 1.93. The van der Waals surface area contributed by atoms with E-state index in [2.05, 4.69) is 0 Å². The predicted molar refractivity (Wildman–Crippen MR) is 78.3 cm³/mol. The highest BCUT2D eigenvalue weighted by Crippen LogP contribution is 2.34. The van der Waals surface area contributed by atoms with Crippen LogP contribution in [0.5, 0.6) is 0 Å². The van der Waals surface area contributed by atoms with Gasteiger partial charge in [0.1, 0.15) is 0 Å². The Balaban J connectivity index is 2.13. The van der Waals surface area contributed by atoms with Crippen LogP contribution in [0.1, 0.15) is 12.0 Å². The second-order valence-electron chi connectivity index (χ2n) is 5.26. The van der Waals surface area contributed by atoms with Gasteiger partial charge in [-0.05, 0) is 17.9 Å². The molecule has 1 atom stereocenters. The summed E-state index contributed by atoms with van der Waals surface area (Å²) < 4.78 is 0. The maximum atomic E-state index is 12.2. The molecule has 0 bridgehead atoms. The molecule has 3 rings (SSSR count). The van der Waals surface area contributed by atoms with Crippen molar-refractivity contribution in [2.24, 2.45) is 11.7 Å². The Kier molecular flexibility index (Phi) is 2.93. The van der Waals surface area contributed by atoms with Gasteiger partial charge in [-0.25, -0.2) is 0 Å². The zero-order chi connectivity index (χ0) is 14.3. The summed E-state index contributed by atoms with van der Waals surface area (Å²) in [5.41, 5.74) is 7.26. The van der Waals surface area contributed by atoms with Crippen LogP contribution in [0.25, 0.3) is 10.8 Å². The van der Waals surface area contributed by atoms with Gasteiger partial charge < -0.3 is 10.6 Å². The molecule has 4 heteroatoms. The van der Waals surface area contributed by atoms with E-state index < -0.39 is 5.91 Å². The Labute approximate surface area is 117 Å². The molecule has 1 heterocycles. The quantitative estimate of drug-likeness (QED) is 0.905. The van der Waals surface area contributed by atoms with E-state index in [1.54, 1.807) is 4.90 Å². The molecule has 0 aromatic heterocycles. The summed E-state index contributed by atoms with van der Waals surface area (Å²) in [6.07, 6.45) is 0.206. The molecule has 102 valence electrons. The molecule has 4 nitrogen and oxygen atoms in total. The molecule has 20 heavy (non-hydrogen) atoms. The van der Waals surface area contributed by atoms with Crippen LogP contribution in [0.15, 0.2) is 36.4 Å². The summed E-state index contributed by atoms with van der Waals surface area (Å²) in [5.74, 6) is -0.826. The number of rotatable bonds is 2. The minimum Gasteiger partial charge on any atom is -0.369 e. The van der Waals surface area contributed by atoms with E-state index in [0.717, 1.165) is 22.0 Å². The van der Waals surface area contributed by atoms with Crippen LogP contribution in [0, 0.1) is 12.8 Å². The molecule has 2 amide bonds. The number of hydrogen-bond donors (Lipinski definition) is 1. The fourth-order valence-electron chi connectivity index (χ4n) is 2.84. The Morgan fingerprint density at radius 2 is 2.00 bits per heavy atom. The molecule has 0 spiro atoms. The lowest BCUT2D eigenvalue weighted by molar-refractivity contribution is -0.123. The molecule has 1 saturated heterocycles. The first-order valence-electron chi connectivity index (χ1n) is 6.66. The van der Waals surface area contributed by atoms with Gasteiger partial charge in [0.05, 0.1) is 11.6 Å². The lowest BCUT2D eigenvalue weighted by atomic mass is 10.0. The van der Waals surface area contributed by atoms with E-state index in [-0.39, 0.29) is 18.2 Å². The molecule has 1 aliphatic rings. The van der Waals surface area contributed by atoms with Crippen molar-refractivity contribution >= 4 is 28.3 Å². The molecular formula is C16H16N2O2. The summed E-state index contributed by atoms with van der Waals surface area (Å²) in [6, 6.07) is 12.0. The van der Waals surface area contributed by atoms with E-state index in [0.29, 0.717) is 6.54 Å². The SMILES string of the molecule is Cc1ccc2ccccc2c1N1CC(C(N)=O)CC1=O. The van der Waals surface area contributed by atoms with Gasteiger partial charge in [-0.15, -0.1) is 0 Å². The average molecular weight is 268 g/mol. The lowest BCUT2D eigenvalue weighted by Gasteiger charge is -2.21. The van der Waals surface area contributed by atoms with Crippen molar-refractivity contribution in [1.29, 1.82) is 0 Å². The summed E-state index contributed by atoms with van der Waals surface area (Å²) >= 11 is 0. The first-order chi connectivity index (χ1) is 9.58. The van der Waals surface area contributed by atoms with Crippen molar-refractivity contribution in [2.45, 2.75) is 13.3 Å².